The van der Waals surface area contributed by atoms with Gasteiger partial charge in [0.1, 0.15) is 5.75 Å². The van der Waals surface area contributed by atoms with Gasteiger partial charge in [-0.3, -0.25) is 19.9 Å². The number of aromatic nitrogens is 1. The Hall–Kier alpha value is -3.85. The summed E-state index contributed by atoms with van der Waals surface area (Å²) in [6.07, 6.45) is 5.34. The highest BCUT2D eigenvalue weighted by atomic mass is 19.2. The first-order valence-corrected chi connectivity index (χ1v) is 14.5. The molecule has 0 saturated carbocycles. The normalized spacial score (nSPS) is 19.1. The van der Waals surface area contributed by atoms with Crippen LogP contribution in [0.4, 0.5) is 18.9 Å². The van der Waals surface area contributed by atoms with E-state index in [-0.39, 0.29) is 17.5 Å². The second kappa shape index (κ2) is 14.1. The van der Waals surface area contributed by atoms with Gasteiger partial charge in [0.2, 0.25) is 5.91 Å². The van der Waals surface area contributed by atoms with Crippen LogP contribution in [0.3, 0.4) is 0 Å². The lowest BCUT2D eigenvalue weighted by molar-refractivity contribution is -0.135. The van der Waals surface area contributed by atoms with Crippen molar-refractivity contribution < 1.29 is 32.6 Å². The molecule has 2 unspecified atom stereocenters. The van der Waals surface area contributed by atoms with E-state index in [9.17, 15) is 23.2 Å². The molecule has 2 aliphatic rings. The summed E-state index contributed by atoms with van der Waals surface area (Å²) >= 11 is 0. The number of morpholine rings is 1. The molecule has 228 valence electrons. The maximum Gasteiger partial charge on any atom is 0.246 e. The van der Waals surface area contributed by atoms with Crippen LogP contribution in [0.15, 0.2) is 36.5 Å². The highest BCUT2D eigenvalue weighted by Gasteiger charge is 2.31. The molecular weight excluding hydrogens is 561 g/mol. The Morgan fingerprint density at radius 2 is 1.93 bits per heavy atom. The predicted molar refractivity (Wildman–Crippen MR) is 155 cm³/mol. The van der Waals surface area contributed by atoms with E-state index in [1.807, 2.05) is 24.4 Å². The number of carbonyl (C=O) groups is 1. The fourth-order valence-electron chi connectivity index (χ4n) is 6.01. The average Bonchev–Trinajstić information content (AvgIpc) is 3.03. The predicted octanol–water partition coefficient (Wildman–Crippen LogP) is 4.46. The number of methoxy groups -OCH3 is 1. The van der Waals surface area contributed by atoms with Gasteiger partial charge in [-0.15, -0.1) is 0 Å². The minimum absolute atomic E-state index is 0.0125. The molecule has 0 bridgehead atoms. The van der Waals surface area contributed by atoms with E-state index in [1.54, 1.807) is 12.6 Å². The standard InChI is InChI=1S/C32H35F3N4O4/c1-42-24-7-8-29-26(19-24)25(30(20-36-29)39-12-14-43-15-13-39)6-2-5-23-18-22(32(40)37-41)9-11-38(23)10-3-4-21-16-27(33)31(35)28(34)17-21/h7-8,16-17,19-20,22-23,41H,2,5-6,9-15,18H2,1H3,(H,37,40). The van der Waals surface area contributed by atoms with Crippen LogP contribution in [0, 0.1) is 35.2 Å². The van der Waals surface area contributed by atoms with Gasteiger partial charge in [0.15, 0.2) is 17.5 Å². The first-order chi connectivity index (χ1) is 20.9. The number of aryl methyl sites for hydroxylation is 1. The van der Waals surface area contributed by atoms with Crippen LogP contribution in [0.2, 0.25) is 0 Å². The van der Waals surface area contributed by atoms with Gasteiger partial charge in [-0.1, -0.05) is 11.8 Å². The van der Waals surface area contributed by atoms with E-state index in [0.717, 1.165) is 66.8 Å². The zero-order valence-electron chi connectivity index (χ0n) is 24.0. The highest BCUT2D eigenvalue weighted by molar-refractivity contribution is 5.88. The first kappa shape index (κ1) is 30.6. The summed E-state index contributed by atoms with van der Waals surface area (Å²) in [5.41, 5.74) is 4.98. The van der Waals surface area contributed by atoms with Crippen molar-refractivity contribution in [2.75, 3.05) is 51.4 Å². The fourth-order valence-corrected chi connectivity index (χ4v) is 6.01. The molecule has 43 heavy (non-hydrogen) atoms. The maximum atomic E-state index is 13.6. The summed E-state index contributed by atoms with van der Waals surface area (Å²) < 4.78 is 51.7. The second-order valence-corrected chi connectivity index (χ2v) is 10.9. The number of carbonyl (C=O) groups excluding carboxylic acids is 1. The third-order valence-corrected chi connectivity index (χ3v) is 8.30. The number of halogens is 3. The number of rotatable bonds is 8. The van der Waals surface area contributed by atoms with Gasteiger partial charge < -0.3 is 14.4 Å². The number of nitrogens with one attached hydrogen (secondary N) is 1. The van der Waals surface area contributed by atoms with Crippen molar-refractivity contribution in [2.24, 2.45) is 5.92 Å². The number of piperidine rings is 1. The number of fused-ring (bicyclic) bond motifs is 1. The van der Waals surface area contributed by atoms with Gasteiger partial charge in [-0.25, -0.2) is 18.7 Å². The zero-order valence-corrected chi connectivity index (χ0v) is 24.0. The molecule has 1 amide bonds. The Morgan fingerprint density at radius 1 is 1.16 bits per heavy atom. The lowest BCUT2D eigenvalue weighted by Crippen LogP contribution is -2.46. The summed E-state index contributed by atoms with van der Waals surface area (Å²) in [7, 11) is 1.64. The molecule has 2 saturated heterocycles. The Bertz CT molecular complexity index is 1500. The fraction of sp³-hybridized carbons (Fsp3) is 0.438. The van der Waals surface area contributed by atoms with E-state index in [1.165, 1.54) is 5.56 Å². The number of ether oxygens (including phenoxy) is 2. The second-order valence-electron chi connectivity index (χ2n) is 10.9. The van der Waals surface area contributed by atoms with Crippen molar-refractivity contribution in [2.45, 2.75) is 38.1 Å². The number of benzene rings is 2. The number of likely N-dealkylation sites (tertiary alicyclic amines) is 1. The average molecular weight is 597 g/mol. The molecule has 3 heterocycles. The van der Waals surface area contributed by atoms with E-state index < -0.39 is 23.4 Å². The molecule has 0 spiro atoms. The monoisotopic (exact) mass is 596 g/mol. The van der Waals surface area contributed by atoms with Crippen molar-refractivity contribution in [1.82, 2.24) is 15.4 Å². The molecule has 1 aromatic heterocycles. The van der Waals surface area contributed by atoms with Crippen LogP contribution in [0.5, 0.6) is 5.75 Å². The molecule has 0 radical (unpaired) electrons. The number of hydroxylamine groups is 1. The molecule has 2 fully saturated rings. The van der Waals surface area contributed by atoms with Crippen molar-refractivity contribution >= 4 is 22.5 Å². The van der Waals surface area contributed by atoms with Gasteiger partial charge in [-0.05, 0) is 68.0 Å². The summed E-state index contributed by atoms with van der Waals surface area (Å²) in [5.74, 6) is 1.62. The zero-order chi connectivity index (χ0) is 30.3. The van der Waals surface area contributed by atoms with Gasteiger partial charge >= 0.3 is 0 Å². The number of nitrogens with zero attached hydrogens (tertiary/aromatic N) is 3. The maximum absolute atomic E-state index is 13.6. The Balaban J connectivity index is 1.35. The SMILES string of the molecule is COc1ccc2ncc(N3CCOCC3)c(CCCC3CC(C(=O)NO)CCN3CC#Cc3cc(F)c(F)c(F)c3)c2c1. The lowest BCUT2D eigenvalue weighted by atomic mass is 9.87. The van der Waals surface area contributed by atoms with Crippen LogP contribution in [-0.2, 0) is 16.0 Å². The molecule has 2 aromatic carbocycles. The smallest absolute Gasteiger partial charge is 0.246 e. The van der Waals surface area contributed by atoms with Gasteiger partial charge in [0.25, 0.3) is 0 Å². The Kier molecular flexibility index (Phi) is 10.0. The first-order valence-electron chi connectivity index (χ1n) is 14.5. The summed E-state index contributed by atoms with van der Waals surface area (Å²) in [4.78, 5) is 21.5. The van der Waals surface area contributed by atoms with Crippen LogP contribution < -0.4 is 15.1 Å². The van der Waals surface area contributed by atoms with Crippen LogP contribution >= 0.6 is 0 Å². The Morgan fingerprint density at radius 3 is 2.65 bits per heavy atom. The lowest BCUT2D eigenvalue weighted by Gasteiger charge is -2.38. The van der Waals surface area contributed by atoms with Crippen LogP contribution in [0.1, 0.15) is 36.8 Å². The molecule has 3 aromatic rings. The molecule has 8 nitrogen and oxygen atoms in total. The number of hydrogen-bond acceptors (Lipinski definition) is 7. The van der Waals surface area contributed by atoms with Crippen LogP contribution in [0.25, 0.3) is 10.9 Å². The summed E-state index contributed by atoms with van der Waals surface area (Å²) in [5, 5.41) is 10.3. The number of hydrogen-bond donors (Lipinski definition) is 2. The highest BCUT2D eigenvalue weighted by Crippen LogP contribution is 2.33. The van der Waals surface area contributed by atoms with E-state index in [2.05, 4.69) is 21.6 Å². The number of anilines is 1. The van der Waals surface area contributed by atoms with E-state index >= 15 is 0 Å². The molecule has 5 rings (SSSR count). The molecule has 2 atom stereocenters. The molecule has 0 aliphatic carbocycles. The van der Waals surface area contributed by atoms with Gasteiger partial charge in [-0.2, -0.15) is 0 Å². The minimum atomic E-state index is -1.52. The van der Waals surface area contributed by atoms with Crippen LogP contribution in [-0.4, -0.2) is 73.5 Å². The van der Waals surface area contributed by atoms with E-state index in [4.69, 9.17) is 14.5 Å². The summed E-state index contributed by atoms with van der Waals surface area (Å²) in [6, 6.07) is 7.62. The molecule has 2 aliphatic heterocycles. The third kappa shape index (κ3) is 7.21. The van der Waals surface area contributed by atoms with Crippen molar-refractivity contribution in [3.8, 4) is 17.6 Å². The van der Waals surface area contributed by atoms with Crippen molar-refractivity contribution in [3.05, 3.63) is 65.1 Å². The minimum Gasteiger partial charge on any atom is -0.497 e. The van der Waals surface area contributed by atoms with Crippen molar-refractivity contribution in [3.63, 3.8) is 0 Å². The topological polar surface area (TPSA) is 87.2 Å². The summed E-state index contributed by atoms with van der Waals surface area (Å²) in [6.45, 7) is 3.74. The number of amides is 1. The molecular formula is C32H35F3N4O4. The van der Waals surface area contributed by atoms with Gasteiger partial charge in [0.05, 0.1) is 44.3 Å². The third-order valence-electron chi connectivity index (χ3n) is 8.30. The van der Waals surface area contributed by atoms with Gasteiger partial charge in [0, 0.05) is 42.5 Å². The van der Waals surface area contributed by atoms with E-state index in [0.29, 0.717) is 39.1 Å². The molecule has 11 heteroatoms. The molecule has 2 N–H and O–H groups in total. The Labute approximate surface area is 248 Å². The van der Waals surface area contributed by atoms with Crippen molar-refractivity contribution in [1.29, 1.82) is 0 Å². The largest absolute Gasteiger partial charge is 0.497 e. The number of pyridine rings is 1. The quantitative estimate of drug-likeness (QED) is 0.172.